The smallest absolute Gasteiger partial charge is 0.261 e. The molecule has 2 aromatic heterocycles. The van der Waals surface area contributed by atoms with Crippen LogP contribution in [0.15, 0.2) is 29.1 Å². The summed E-state index contributed by atoms with van der Waals surface area (Å²) in [5, 5.41) is 0.771. The van der Waals surface area contributed by atoms with E-state index < -0.39 is 5.82 Å². The molecule has 8 heteroatoms. The minimum absolute atomic E-state index is 0.0717. The zero-order valence-corrected chi connectivity index (χ0v) is 19.2. The Bertz CT molecular complexity index is 1270. The summed E-state index contributed by atoms with van der Waals surface area (Å²) in [5.41, 5.74) is 0.772. The van der Waals surface area contributed by atoms with Gasteiger partial charge in [0.2, 0.25) is 0 Å². The first kappa shape index (κ1) is 21.3. The normalized spacial score (nSPS) is 18.5. The molecule has 1 atom stereocenters. The van der Waals surface area contributed by atoms with Crippen molar-refractivity contribution in [1.29, 1.82) is 0 Å². The molecule has 2 aliphatic rings. The Morgan fingerprint density at radius 1 is 1.19 bits per heavy atom. The number of nitrogens with zero attached hydrogens (tertiary/aromatic N) is 4. The van der Waals surface area contributed by atoms with Gasteiger partial charge in [0, 0.05) is 36.6 Å². The van der Waals surface area contributed by atoms with E-state index in [9.17, 15) is 9.18 Å². The van der Waals surface area contributed by atoms with Crippen LogP contribution in [0.1, 0.15) is 39.4 Å². The predicted octanol–water partition coefficient (Wildman–Crippen LogP) is 4.59. The second-order valence-corrected chi connectivity index (χ2v) is 9.96. The molecular weight excluding hydrogens is 431 g/mol. The summed E-state index contributed by atoms with van der Waals surface area (Å²) in [5.74, 6) is 0.882. The molecule has 168 valence electrons. The lowest BCUT2D eigenvalue weighted by atomic mass is 10.1. The minimum Gasteiger partial charge on any atom is -0.371 e. The zero-order valence-electron chi connectivity index (χ0n) is 18.5. The fraction of sp³-hybridized carbons (Fsp3) is 0.458. The lowest BCUT2D eigenvalue weighted by Crippen LogP contribution is -2.30. The van der Waals surface area contributed by atoms with Crippen LogP contribution in [0.25, 0.3) is 22.2 Å². The largest absolute Gasteiger partial charge is 0.371 e. The number of hydrogen-bond acceptors (Lipinski definition) is 5. The molecule has 0 unspecified atom stereocenters. The van der Waals surface area contributed by atoms with E-state index in [-0.39, 0.29) is 22.8 Å². The summed E-state index contributed by atoms with van der Waals surface area (Å²) < 4.78 is 22.8. The van der Waals surface area contributed by atoms with Crippen LogP contribution < -0.4 is 10.5 Å². The Morgan fingerprint density at radius 3 is 2.75 bits per heavy atom. The molecule has 32 heavy (non-hydrogen) atoms. The fourth-order valence-corrected chi connectivity index (χ4v) is 4.79. The maximum Gasteiger partial charge on any atom is 0.261 e. The summed E-state index contributed by atoms with van der Waals surface area (Å²) in [6.07, 6.45) is 2.54. The van der Waals surface area contributed by atoms with Gasteiger partial charge in [-0.3, -0.25) is 9.36 Å². The van der Waals surface area contributed by atoms with Crippen LogP contribution in [-0.4, -0.2) is 39.3 Å². The van der Waals surface area contributed by atoms with E-state index in [0.29, 0.717) is 40.5 Å². The maximum atomic E-state index is 14.9. The van der Waals surface area contributed by atoms with E-state index in [1.807, 2.05) is 20.8 Å². The van der Waals surface area contributed by atoms with Gasteiger partial charge in [0.1, 0.15) is 28.7 Å². The summed E-state index contributed by atoms with van der Waals surface area (Å²) in [6, 6.07) is 6.29. The highest BCUT2D eigenvalue weighted by molar-refractivity contribution is 6.30. The average molecular weight is 457 g/mol. The number of hydrogen-bond donors (Lipinski definition) is 0. The summed E-state index contributed by atoms with van der Waals surface area (Å²) in [7, 11) is 0. The summed E-state index contributed by atoms with van der Waals surface area (Å²) in [4.78, 5) is 25.0. The third-order valence-corrected chi connectivity index (χ3v) is 6.20. The molecule has 0 amide bonds. The lowest BCUT2D eigenvalue weighted by molar-refractivity contribution is -0.0492. The molecule has 0 bridgehead atoms. The molecular formula is C24H26ClFN4O2. The van der Waals surface area contributed by atoms with Gasteiger partial charge in [0.15, 0.2) is 0 Å². The third kappa shape index (κ3) is 3.88. The molecule has 0 radical (unpaired) electrons. The van der Waals surface area contributed by atoms with Crippen LogP contribution >= 0.6 is 11.6 Å². The highest BCUT2D eigenvalue weighted by Crippen LogP contribution is 2.33. The molecule has 0 aliphatic carbocycles. The summed E-state index contributed by atoms with van der Waals surface area (Å²) >= 11 is 5.98. The number of pyridine rings is 1. The van der Waals surface area contributed by atoms with Gasteiger partial charge < -0.3 is 9.64 Å². The molecule has 3 aromatic rings. The first-order chi connectivity index (χ1) is 15.2. The van der Waals surface area contributed by atoms with E-state index >= 15 is 0 Å². The monoisotopic (exact) mass is 456 g/mol. The molecule has 5 rings (SSSR count). The molecule has 4 heterocycles. The van der Waals surface area contributed by atoms with Gasteiger partial charge in [-0.15, -0.1) is 0 Å². The molecule has 1 fully saturated rings. The predicted molar refractivity (Wildman–Crippen MR) is 124 cm³/mol. The number of benzene rings is 1. The molecule has 1 aromatic carbocycles. The van der Waals surface area contributed by atoms with Crippen molar-refractivity contribution in [2.45, 2.75) is 58.3 Å². The van der Waals surface area contributed by atoms with E-state index in [1.165, 1.54) is 6.07 Å². The minimum atomic E-state index is -0.485. The van der Waals surface area contributed by atoms with E-state index in [2.05, 4.69) is 4.90 Å². The Morgan fingerprint density at radius 2 is 2.00 bits per heavy atom. The van der Waals surface area contributed by atoms with Crippen molar-refractivity contribution in [2.75, 3.05) is 18.0 Å². The van der Waals surface area contributed by atoms with Crippen LogP contribution in [0.4, 0.5) is 10.2 Å². The maximum absolute atomic E-state index is 14.9. The van der Waals surface area contributed by atoms with E-state index in [1.54, 1.807) is 22.8 Å². The molecule has 0 N–H and O–H groups in total. The fourth-order valence-electron chi connectivity index (χ4n) is 4.63. The second-order valence-electron chi connectivity index (χ2n) is 9.52. The first-order valence-electron chi connectivity index (χ1n) is 11.0. The van der Waals surface area contributed by atoms with Gasteiger partial charge in [-0.2, -0.15) is 0 Å². The molecule has 0 spiro atoms. The number of rotatable bonds is 3. The first-order valence-corrected chi connectivity index (χ1v) is 11.4. The van der Waals surface area contributed by atoms with Gasteiger partial charge in [0.25, 0.3) is 5.56 Å². The van der Waals surface area contributed by atoms with Crippen LogP contribution in [-0.2, 0) is 17.7 Å². The number of halogens is 2. The topological polar surface area (TPSA) is 60.2 Å². The molecule has 6 nitrogen and oxygen atoms in total. The van der Waals surface area contributed by atoms with Crippen LogP contribution in [0, 0.1) is 5.82 Å². The average Bonchev–Trinajstić information content (AvgIpc) is 3.36. The van der Waals surface area contributed by atoms with Crippen LogP contribution in [0.5, 0.6) is 0 Å². The quantitative estimate of drug-likeness (QED) is 0.576. The van der Waals surface area contributed by atoms with Crippen LogP contribution in [0.3, 0.4) is 0 Å². The van der Waals surface area contributed by atoms with E-state index in [4.69, 9.17) is 26.3 Å². The number of anilines is 1. The number of aromatic nitrogens is 3. The number of aryl methyl sites for hydroxylation is 1. The zero-order chi connectivity index (χ0) is 22.6. The number of ether oxygens (including phenoxy) is 1. The van der Waals surface area contributed by atoms with Gasteiger partial charge in [-0.1, -0.05) is 11.6 Å². The Balaban J connectivity index is 1.66. The molecule has 0 saturated carbocycles. The highest BCUT2D eigenvalue weighted by Gasteiger charge is 2.29. The third-order valence-electron chi connectivity index (χ3n) is 5.96. The van der Waals surface area contributed by atoms with Crippen molar-refractivity contribution in [2.24, 2.45) is 0 Å². The van der Waals surface area contributed by atoms with Gasteiger partial charge in [-0.05, 0) is 57.9 Å². The molecule has 2 aliphatic heterocycles. The highest BCUT2D eigenvalue weighted by atomic mass is 35.5. The van der Waals surface area contributed by atoms with Gasteiger partial charge in [-0.25, -0.2) is 14.4 Å². The van der Waals surface area contributed by atoms with Crippen molar-refractivity contribution in [1.82, 2.24) is 14.5 Å². The second kappa shape index (κ2) is 7.81. The van der Waals surface area contributed by atoms with E-state index in [0.717, 1.165) is 31.6 Å². The van der Waals surface area contributed by atoms with Gasteiger partial charge in [0.05, 0.1) is 17.1 Å². The standard InChI is InChI=1S/C24H26ClFN4O2/c1-24(2,3)32-15-8-10-29(13-15)20-12-17-22(27-19-5-4-9-30(19)23(17)31)21(28-20)16-7-6-14(25)11-18(16)26/h6-7,11-12,15H,4-5,8-10,13H2,1-3H3/t15-/m1/s1. The van der Waals surface area contributed by atoms with Crippen molar-refractivity contribution in [3.8, 4) is 11.3 Å². The SMILES string of the molecule is CC(C)(C)O[C@@H]1CCN(c2cc3c(=O)n4c(nc3c(-c3ccc(Cl)cc3F)n2)CCC4)C1. The van der Waals surface area contributed by atoms with Crippen molar-refractivity contribution in [3.05, 3.63) is 51.3 Å². The van der Waals surface area contributed by atoms with Crippen molar-refractivity contribution < 1.29 is 9.13 Å². The Kier molecular flexibility index (Phi) is 5.21. The van der Waals surface area contributed by atoms with Crippen molar-refractivity contribution in [3.63, 3.8) is 0 Å². The van der Waals surface area contributed by atoms with Crippen LogP contribution in [0.2, 0.25) is 5.02 Å². The Hall–Kier alpha value is -2.51. The Labute approximate surface area is 191 Å². The summed E-state index contributed by atoms with van der Waals surface area (Å²) in [6.45, 7) is 8.19. The molecule has 1 saturated heterocycles. The lowest BCUT2D eigenvalue weighted by Gasteiger charge is -2.25. The van der Waals surface area contributed by atoms with Crippen molar-refractivity contribution >= 4 is 28.3 Å². The van der Waals surface area contributed by atoms with Gasteiger partial charge >= 0.3 is 0 Å². The number of fused-ring (bicyclic) bond motifs is 2.